The first-order valence-electron chi connectivity index (χ1n) is 25.1. The predicted molar refractivity (Wildman–Crippen MR) is 274 cm³/mol. The van der Waals surface area contributed by atoms with E-state index in [-0.39, 0.29) is 76.3 Å². The van der Waals surface area contributed by atoms with Gasteiger partial charge in [-0.25, -0.2) is 51.2 Å². The van der Waals surface area contributed by atoms with E-state index < -0.39 is 151 Å². The number of rotatable bonds is 12. The van der Waals surface area contributed by atoms with Gasteiger partial charge in [0.15, 0.2) is 19.7 Å². The van der Waals surface area contributed by atoms with E-state index in [2.05, 4.69) is 13.2 Å². The molecule has 2 saturated heterocycles. The van der Waals surface area contributed by atoms with Gasteiger partial charge in [-0.3, -0.25) is 0 Å². The molecule has 8 rings (SSSR count). The van der Waals surface area contributed by atoms with Crippen molar-refractivity contribution in [1.82, 2.24) is 8.61 Å². The molecule has 428 valence electrons. The molecule has 24 heteroatoms. The molecule has 0 bridgehead atoms. The molecule has 2 aliphatic carbocycles. The molecule has 10 nitrogen and oxygen atoms in total. The van der Waals surface area contributed by atoms with Crippen LogP contribution >= 0.6 is 0 Å². The first kappa shape index (κ1) is 61.0. The molecule has 4 aromatic rings. The van der Waals surface area contributed by atoms with Gasteiger partial charge in [-0.05, 0) is 160 Å². The molecule has 4 fully saturated rings. The van der Waals surface area contributed by atoms with Gasteiger partial charge in [0.2, 0.25) is 20.0 Å². The lowest BCUT2D eigenvalue weighted by Gasteiger charge is -2.52. The van der Waals surface area contributed by atoms with E-state index in [1.54, 1.807) is 27.7 Å². The minimum absolute atomic E-state index is 0.0136. The minimum atomic E-state index is -4.69. The molecular weight excluding hydrogens is 1120 g/mol. The number of fused-ring (bicyclic) bond motifs is 2. The third-order valence-corrected chi connectivity index (χ3v) is 26.3. The van der Waals surface area contributed by atoms with Crippen LogP contribution < -0.4 is 0 Å². The van der Waals surface area contributed by atoms with Crippen LogP contribution in [-0.2, 0) is 61.6 Å². The van der Waals surface area contributed by atoms with Crippen molar-refractivity contribution in [3.05, 3.63) is 156 Å². The Labute approximate surface area is 449 Å². The third-order valence-electron chi connectivity index (χ3n) is 16.1. The maximum atomic E-state index is 15.3. The molecule has 0 spiro atoms. The summed E-state index contributed by atoms with van der Waals surface area (Å²) in [6, 6.07) is 9.71. The normalized spacial score (nSPS) is 27.7. The molecule has 2 heterocycles. The van der Waals surface area contributed by atoms with Crippen LogP contribution in [0.25, 0.3) is 0 Å². The number of hydrogen-bond donors (Lipinski definition) is 0. The highest BCUT2D eigenvalue weighted by molar-refractivity contribution is 7.93. The Morgan fingerprint density at radius 2 is 0.885 bits per heavy atom. The van der Waals surface area contributed by atoms with Gasteiger partial charge >= 0.3 is 12.4 Å². The largest absolute Gasteiger partial charge is 0.416 e. The highest BCUT2D eigenvalue weighted by Gasteiger charge is 2.60. The predicted octanol–water partition coefficient (Wildman–Crippen LogP) is 12.1. The Kier molecular flexibility index (Phi) is 17.2. The van der Waals surface area contributed by atoms with Crippen LogP contribution in [0.1, 0.15) is 101 Å². The summed E-state index contributed by atoms with van der Waals surface area (Å²) in [5.74, 6) is -5.35. The Morgan fingerprint density at radius 1 is 0.564 bits per heavy atom. The highest BCUT2D eigenvalue weighted by Crippen LogP contribution is 2.56. The Bertz CT molecular complexity index is 3130. The fraction of sp³-hybridized carbons (Fsp3) is 0.481. The van der Waals surface area contributed by atoms with Gasteiger partial charge in [-0.1, -0.05) is 39.8 Å². The van der Waals surface area contributed by atoms with Crippen molar-refractivity contribution < 1.29 is 77.6 Å². The summed E-state index contributed by atoms with van der Waals surface area (Å²) >= 11 is 0. The number of hydrogen-bond acceptors (Lipinski definition) is 8. The molecule has 4 aromatic carbocycles. The maximum absolute atomic E-state index is 15.3. The van der Waals surface area contributed by atoms with Crippen LogP contribution in [0.3, 0.4) is 0 Å². The Hall–Kier alpha value is -4.62. The van der Waals surface area contributed by atoms with Crippen LogP contribution in [0, 0.1) is 46.9 Å². The van der Waals surface area contributed by atoms with E-state index in [1.165, 1.54) is 20.8 Å². The molecule has 78 heavy (non-hydrogen) atoms. The fourth-order valence-electron chi connectivity index (χ4n) is 12.4. The zero-order chi connectivity index (χ0) is 57.9. The molecule has 0 aromatic heterocycles. The first-order chi connectivity index (χ1) is 36.1. The lowest BCUT2D eigenvalue weighted by Crippen LogP contribution is -2.59. The van der Waals surface area contributed by atoms with Crippen molar-refractivity contribution in [3.63, 3.8) is 0 Å². The number of sulfone groups is 2. The van der Waals surface area contributed by atoms with Gasteiger partial charge < -0.3 is 0 Å². The molecular formula is C54H60F10N2O8S4. The van der Waals surface area contributed by atoms with E-state index in [0.29, 0.717) is 24.3 Å². The highest BCUT2D eigenvalue weighted by atomic mass is 32.2. The van der Waals surface area contributed by atoms with Gasteiger partial charge in [0.1, 0.15) is 32.8 Å². The van der Waals surface area contributed by atoms with E-state index in [4.69, 9.17) is 0 Å². The Balaban J connectivity index is 0.000000226. The zero-order valence-corrected chi connectivity index (χ0v) is 46.2. The number of benzene rings is 4. The quantitative estimate of drug-likeness (QED) is 0.101. The van der Waals surface area contributed by atoms with E-state index in [9.17, 15) is 68.8 Å². The molecule has 8 atom stereocenters. The molecule has 0 radical (unpaired) electrons. The zero-order valence-electron chi connectivity index (χ0n) is 42.9. The number of nitrogens with zero attached hydrogens (tertiary/aromatic N) is 2. The summed E-state index contributed by atoms with van der Waals surface area (Å²) in [5.41, 5.74) is -2.92. The average Bonchev–Trinajstić information content (AvgIpc) is 3.49. The summed E-state index contributed by atoms with van der Waals surface area (Å²) < 4.78 is 248. The Morgan fingerprint density at radius 3 is 1.17 bits per heavy atom. The van der Waals surface area contributed by atoms with Gasteiger partial charge in [-0.2, -0.15) is 35.0 Å². The standard InChI is InChI=1S/2C27H30F5NO4S2/c2*1-4-13-33-24-11-12-26(22-15-20(28)7-10-23(22)29,16-18(24)14-25(17(2)3)39(33,36)37)38(34,35)21-8-5-19(6-9-21)27(30,31)32/h2*4-10,15,17-18,24-25H,1,11-14,16H2,2-3H3/t18-,24+,25+,26-;18-,24+,25-,26-/m11/s1. The van der Waals surface area contributed by atoms with Gasteiger partial charge in [0.05, 0.1) is 31.4 Å². The monoisotopic (exact) mass is 1180 g/mol. The minimum Gasteiger partial charge on any atom is -0.223 e. The second kappa shape index (κ2) is 22.0. The lowest BCUT2D eigenvalue weighted by atomic mass is 9.71. The molecule has 2 saturated carbocycles. The van der Waals surface area contributed by atoms with Gasteiger partial charge in [-0.15, -0.1) is 13.2 Å². The van der Waals surface area contributed by atoms with Crippen molar-refractivity contribution in [3.8, 4) is 0 Å². The van der Waals surface area contributed by atoms with Crippen LogP contribution in [-0.4, -0.2) is 78.0 Å². The average molecular weight is 1180 g/mol. The van der Waals surface area contributed by atoms with E-state index >= 15 is 8.78 Å². The van der Waals surface area contributed by atoms with Crippen LogP contribution in [0.5, 0.6) is 0 Å². The number of halogens is 10. The van der Waals surface area contributed by atoms with Crippen molar-refractivity contribution in [2.45, 2.75) is 133 Å². The third kappa shape index (κ3) is 11.0. The molecule has 0 unspecified atom stereocenters. The van der Waals surface area contributed by atoms with E-state index in [0.717, 1.165) is 60.7 Å². The molecule has 2 aliphatic heterocycles. The fourth-order valence-corrected chi connectivity index (χ4v) is 21.8. The summed E-state index contributed by atoms with van der Waals surface area (Å²) in [6.07, 6.45) is -7.19. The number of sulfonamides is 2. The van der Waals surface area contributed by atoms with Crippen molar-refractivity contribution in [2.24, 2.45) is 23.7 Å². The van der Waals surface area contributed by atoms with Crippen molar-refractivity contribution in [1.29, 1.82) is 0 Å². The topological polar surface area (TPSA) is 143 Å². The van der Waals surface area contributed by atoms with Crippen molar-refractivity contribution in [2.75, 3.05) is 13.1 Å². The molecule has 0 N–H and O–H groups in total. The summed E-state index contributed by atoms with van der Waals surface area (Å²) in [6.45, 7) is 14.3. The van der Waals surface area contributed by atoms with E-state index in [1.807, 2.05) is 0 Å². The SMILES string of the molecule is C=CCN1[C@H]2CC[C@@](c3cc(F)ccc3F)(S(=O)(=O)c3ccc(C(F)(F)F)cc3)C[C@H]2C[C@@H](C(C)C)S1(=O)=O.C=CCN1[C@H]2CC[C@@](c3cc(F)ccc3F)(S(=O)(=O)c3ccc(C(F)(F)F)cc3)C[C@H]2C[C@H](C(C)C)S1(=O)=O. The lowest BCUT2D eigenvalue weighted by molar-refractivity contribution is -0.138. The maximum Gasteiger partial charge on any atom is 0.416 e. The summed E-state index contributed by atoms with van der Waals surface area (Å²) in [5, 5.41) is -1.67. The molecule has 0 amide bonds. The van der Waals surface area contributed by atoms with Gasteiger partial charge in [0, 0.05) is 36.3 Å². The van der Waals surface area contributed by atoms with Crippen molar-refractivity contribution >= 4 is 39.7 Å². The first-order valence-corrected chi connectivity index (χ1v) is 31.1. The van der Waals surface area contributed by atoms with Crippen LogP contribution in [0.4, 0.5) is 43.9 Å². The second-order valence-corrected chi connectivity index (χ2v) is 30.0. The molecule has 4 aliphatic rings. The van der Waals surface area contributed by atoms with Crippen LogP contribution in [0.15, 0.2) is 120 Å². The smallest absolute Gasteiger partial charge is 0.223 e. The summed E-state index contributed by atoms with van der Waals surface area (Å²) in [7, 11) is -16.7. The van der Waals surface area contributed by atoms with Crippen LogP contribution in [0.2, 0.25) is 0 Å². The van der Waals surface area contributed by atoms with Gasteiger partial charge in [0.25, 0.3) is 0 Å². The second-order valence-electron chi connectivity index (χ2n) is 21.3. The number of alkyl halides is 6. The summed E-state index contributed by atoms with van der Waals surface area (Å²) in [4.78, 5) is -0.909.